The van der Waals surface area contributed by atoms with Crippen LogP contribution in [0.4, 0.5) is 15.8 Å². The Morgan fingerprint density at radius 1 is 1.56 bits per heavy atom. The van der Waals surface area contributed by atoms with Gasteiger partial charge in [0.05, 0.1) is 4.92 Å². The molecule has 1 aliphatic heterocycles. The second-order valence-corrected chi connectivity index (χ2v) is 3.73. The Labute approximate surface area is 91.8 Å². The molecule has 0 spiro atoms. The molecule has 1 aliphatic rings. The van der Waals surface area contributed by atoms with Crippen LogP contribution >= 0.6 is 0 Å². The van der Waals surface area contributed by atoms with Crippen LogP contribution in [0.2, 0.25) is 0 Å². The summed E-state index contributed by atoms with van der Waals surface area (Å²) in [5, 5.41) is 16.8. The zero-order valence-corrected chi connectivity index (χ0v) is 8.57. The van der Waals surface area contributed by atoms with E-state index in [0.717, 1.165) is 25.6 Å². The smallest absolute Gasteiger partial charge is 0.327 e. The van der Waals surface area contributed by atoms with Crippen molar-refractivity contribution >= 4 is 11.4 Å². The topological polar surface area (TPSA) is 67.2 Å². The highest BCUT2D eigenvalue weighted by Crippen LogP contribution is 2.28. The number of nitrogens with one attached hydrogen (secondary N) is 2. The summed E-state index contributed by atoms with van der Waals surface area (Å²) in [6.45, 7) is 1.62. The van der Waals surface area contributed by atoms with Crippen LogP contribution in [0.3, 0.4) is 0 Å². The van der Waals surface area contributed by atoms with Crippen molar-refractivity contribution in [3.63, 3.8) is 0 Å². The van der Waals surface area contributed by atoms with Gasteiger partial charge in [-0.1, -0.05) is 6.07 Å². The molecule has 0 aromatic heterocycles. The summed E-state index contributed by atoms with van der Waals surface area (Å²) >= 11 is 0. The first-order chi connectivity index (χ1) is 7.68. The highest BCUT2D eigenvalue weighted by atomic mass is 19.1. The molecule has 1 aromatic rings. The normalized spacial score (nSPS) is 19.7. The molecule has 16 heavy (non-hydrogen) atoms. The van der Waals surface area contributed by atoms with Gasteiger partial charge in [0.2, 0.25) is 5.82 Å². The van der Waals surface area contributed by atoms with Crippen LogP contribution in [0.5, 0.6) is 0 Å². The van der Waals surface area contributed by atoms with Gasteiger partial charge in [-0.05, 0) is 25.1 Å². The summed E-state index contributed by atoms with van der Waals surface area (Å²) in [5.74, 6) is -0.805. The molecular weight excluding hydrogens is 213 g/mol. The lowest BCUT2D eigenvalue weighted by Gasteiger charge is -2.12. The Morgan fingerprint density at radius 3 is 3.00 bits per heavy atom. The summed E-state index contributed by atoms with van der Waals surface area (Å²) in [4.78, 5) is 10.0. The van der Waals surface area contributed by atoms with E-state index in [2.05, 4.69) is 10.6 Å². The number of para-hydroxylation sites is 1. The Bertz CT molecular complexity index is 405. The van der Waals surface area contributed by atoms with Gasteiger partial charge >= 0.3 is 5.69 Å². The fourth-order valence-corrected chi connectivity index (χ4v) is 1.82. The molecule has 1 fully saturated rings. The van der Waals surface area contributed by atoms with Crippen LogP contribution in [-0.2, 0) is 0 Å². The summed E-state index contributed by atoms with van der Waals surface area (Å²) < 4.78 is 13.3. The summed E-state index contributed by atoms with van der Waals surface area (Å²) in [5.41, 5.74) is -0.229. The number of nitrogens with zero attached hydrogens (tertiary/aromatic N) is 1. The molecule has 86 valence electrons. The summed E-state index contributed by atoms with van der Waals surface area (Å²) in [6.07, 6.45) is 0.883. The fraction of sp³-hybridized carbons (Fsp3) is 0.400. The van der Waals surface area contributed by atoms with E-state index in [0.29, 0.717) is 0 Å². The molecule has 6 heteroatoms. The van der Waals surface area contributed by atoms with Gasteiger partial charge in [-0.2, -0.15) is 4.39 Å². The number of halogens is 1. The SMILES string of the molecule is O=[N+]([O-])c1c(F)cccc1NC1CCNC1. The van der Waals surface area contributed by atoms with Crippen LogP contribution in [0.25, 0.3) is 0 Å². The van der Waals surface area contributed by atoms with Gasteiger partial charge in [0.25, 0.3) is 0 Å². The van der Waals surface area contributed by atoms with Crippen molar-refractivity contribution in [2.24, 2.45) is 0 Å². The average Bonchev–Trinajstić information content (AvgIpc) is 2.70. The minimum absolute atomic E-state index is 0.125. The molecule has 2 rings (SSSR count). The van der Waals surface area contributed by atoms with Gasteiger partial charge < -0.3 is 10.6 Å². The molecule has 1 aromatic carbocycles. The molecule has 2 N–H and O–H groups in total. The Hall–Kier alpha value is -1.69. The maximum Gasteiger partial charge on any atom is 0.327 e. The number of nitro benzene ring substituents is 1. The average molecular weight is 225 g/mol. The molecule has 0 aliphatic carbocycles. The standard InChI is InChI=1S/C10H12FN3O2/c11-8-2-1-3-9(10(8)14(15)16)13-7-4-5-12-6-7/h1-3,7,12-13H,4-6H2. The van der Waals surface area contributed by atoms with E-state index in [1.54, 1.807) is 0 Å². The Kier molecular flexibility index (Phi) is 3.00. The number of anilines is 1. The van der Waals surface area contributed by atoms with Crippen LogP contribution in [-0.4, -0.2) is 24.1 Å². The number of benzene rings is 1. The number of hydrogen-bond acceptors (Lipinski definition) is 4. The van der Waals surface area contributed by atoms with Crippen molar-refractivity contribution in [2.45, 2.75) is 12.5 Å². The first kappa shape index (κ1) is 10.8. The third kappa shape index (κ3) is 2.11. The Balaban J connectivity index is 2.25. The van der Waals surface area contributed by atoms with Gasteiger partial charge in [0, 0.05) is 12.6 Å². The zero-order valence-electron chi connectivity index (χ0n) is 8.57. The van der Waals surface area contributed by atoms with Gasteiger partial charge in [0.15, 0.2) is 0 Å². The van der Waals surface area contributed by atoms with Crippen LogP contribution < -0.4 is 10.6 Å². The molecule has 1 saturated heterocycles. The van der Waals surface area contributed by atoms with E-state index in [1.165, 1.54) is 12.1 Å². The van der Waals surface area contributed by atoms with Gasteiger partial charge in [0.1, 0.15) is 5.69 Å². The minimum atomic E-state index is -0.805. The number of hydrogen-bond donors (Lipinski definition) is 2. The third-order valence-corrected chi connectivity index (χ3v) is 2.59. The predicted octanol–water partition coefficient (Wildman–Crippen LogP) is 1.51. The molecule has 0 bridgehead atoms. The highest BCUT2D eigenvalue weighted by Gasteiger charge is 2.23. The summed E-state index contributed by atoms with van der Waals surface area (Å²) in [6, 6.07) is 4.21. The van der Waals surface area contributed by atoms with E-state index in [1.807, 2.05) is 0 Å². The van der Waals surface area contributed by atoms with E-state index in [4.69, 9.17) is 0 Å². The molecular formula is C10H12FN3O2. The van der Waals surface area contributed by atoms with Gasteiger partial charge in [-0.15, -0.1) is 0 Å². The van der Waals surface area contributed by atoms with Crippen molar-refractivity contribution in [1.82, 2.24) is 5.32 Å². The third-order valence-electron chi connectivity index (χ3n) is 2.59. The van der Waals surface area contributed by atoms with Gasteiger partial charge in [-0.3, -0.25) is 10.1 Å². The molecule has 0 saturated carbocycles. The number of rotatable bonds is 3. The maximum absolute atomic E-state index is 13.3. The van der Waals surface area contributed by atoms with Crippen molar-refractivity contribution in [3.8, 4) is 0 Å². The van der Waals surface area contributed by atoms with Crippen molar-refractivity contribution in [1.29, 1.82) is 0 Å². The van der Waals surface area contributed by atoms with Crippen LogP contribution in [0, 0.1) is 15.9 Å². The summed E-state index contributed by atoms with van der Waals surface area (Å²) in [7, 11) is 0. The fourth-order valence-electron chi connectivity index (χ4n) is 1.82. The van der Waals surface area contributed by atoms with Crippen molar-refractivity contribution < 1.29 is 9.31 Å². The first-order valence-corrected chi connectivity index (χ1v) is 5.08. The quantitative estimate of drug-likeness (QED) is 0.604. The van der Waals surface area contributed by atoms with Gasteiger partial charge in [-0.25, -0.2) is 0 Å². The van der Waals surface area contributed by atoms with Crippen molar-refractivity contribution in [3.05, 3.63) is 34.1 Å². The molecule has 1 atom stereocenters. The van der Waals surface area contributed by atoms with E-state index < -0.39 is 16.4 Å². The molecule has 0 radical (unpaired) electrons. The van der Waals surface area contributed by atoms with E-state index in [-0.39, 0.29) is 11.7 Å². The van der Waals surface area contributed by atoms with E-state index >= 15 is 0 Å². The monoisotopic (exact) mass is 225 g/mol. The maximum atomic E-state index is 13.3. The first-order valence-electron chi connectivity index (χ1n) is 5.08. The predicted molar refractivity (Wildman–Crippen MR) is 58.0 cm³/mol. The zero-order chi connectivity index (χ0) is 11.5. The lowest BCUT2D eigenvalue weighted by molar-refractivity contribution is -0.386. The molecule has 0 amide bonds. The molecule has 5 nitrogen and oxygen atoms in total. The van der Waals surface area contributed by atoms with Crippen LogP contribution in [0.15, 0.2) is 18.2 Å². The van der Waals surface area contributed by atoms with E-state index in [9.17, 15) is 14.5 Å². The minimum Gasteiger partial charge on any atom is -0.375 e. The highest BCUT2D eigenvalue weighted by molar-refractivity contribution is 5.62. The number of nitro groups is 1. The second-order valence-electron chi connectivity index (χ2n) is 3.73. The second kappa shape index (κ2) is 4.44. The lowest BCUT2D eigenvalue weighted by Crippen LogP contribution is -2.22. The molecule has 1 unspecified atom stereocenters. The Morgan fingerprint density at radius 2 is 2.38 bits per heavy atom. The van der Waals surface area contributed by atoms with Crippen molar-refractivity contribution in [2.75, 3.05) is 18.4 Å². The largest absolute Gasteiger partial charge is 0.375 e. The molecule has 1 heterocycles. The lowest BCUT2D eigenvalue weighted by atomic mass is 10.2. The van der Waals surface area contributed by atoms with Crippen LogP contribution in [0.1, 0.15) is 6.42 Å².